The molecule has 0 radical (unpaired) electrons. The van der Waals surface area contributed by atoms with Crippen molar-refractivity contribution >= 4 is 5.82 Å². The second kappa shape index (κ2) is 5.19. The number of ether oxygens (including phenoxy) is 1. The van der Waals surface area contributed by atoms with E-state index in [4.69, 9.17) is 4.74 Å². The highest BCUT2D eigenvalue weighted by Crippen LogP contribution is 2.42. The Morgan fingerprint density at radius 3 is 2.78 bits per heavy atom. The lowest BCUT2D eigenvalue weighted by molar-refractivity contribution is -0.0213. The van der Waals surface area contributed by atoms with Crippen molar-refractivity contribution in [1.82, 2.24) is 15.1 Å². The van der Waals surface area contributed by atoms with E-state index >= 15 is 0 Å². The Morgan fingerprint density at radius 1 is 1.22 bits per heavy atom. The number of hydrogen-bond donors (Lipinski definition) is 1. The molecule has 7 heteroatoms. The third-order valence-electron chi connectivity index (χ3n) is 4.33. The molecule has 1 fully saturated rings. The van der Waals surface area contributed by atoms with E-state index in [1.165, 1.54) is 6.07 Å². The minimum absolute atomic E-state index is 0.0615. The number of benzene rings is 1. The molecule has 0 amide bonds. The summed E-state index contributed by atoms with van der Waals surface area (Å²) in [7, 11) is 0. The van der Waals surface area contributed by atoms with Gasteiger partial charge in [-0.05, 0) is 25.1 Å². The predicted molar refractivity (Wildman–Crippen MR) is 82.8 cm³/mol. The van der Waals surface area contributed by atoms with E-state index in [2.05, 4.69) is 15.3 Å². The second-order valence-electron chi connectivity index (χ2n) is 5.97. The van der Waals surface area contributed by atoms with Crippen molar-refractivity contribution in [3.05, 3.63) is 35.5 Å². The number of piperazine rings is 1. The standard InChI is InChI=1S/C16H18F2N4O/c1-11-8-15(21-6-4-19-5-7-21)20-22(11)12-2-3-14-13(9-12)16(17,18)10-23-14/h2-3,8-9,19H,4-7,10H2,1H3. The molecule has 0 unspecified atom stereocenters. The summed E-state index contributed by atoms with van der Waals surface area (Å²) in [4.78, 5) is 2.20. The predicted octanol–water partition coefficient (Wildman–Crippen LogP) is 2.07. The number of hydrogen-bond acceptors (Lipinski definition) is 4. The number of nitrogens with one attached hydrogen (secondary N) is 1. The highest BCUT2D eigenvalue weighted by molar-refractivity contribution is 5.50. The van der Waals surface area contributed by atoms with Gasteiger partial charge in [0.1, 0.15) is 5.75 Å². The monoisotopic (exact) mass is 320 g/mol. The quantitative estimate of drug-likeness (QED) is 0.920. The van der Waals surface area contributed by atoms with Gasteiger partial charge in [0.25, 0.3) is 0 Å². The molecule has 0 saturated carbocycles. The fraction of sp³-hybridized carbons (Fsp3) is 0.438. The maximum Gasteiger partial charge on any atom is 0.310 e. The first kappa shape index (κ1) is 14.4. The van der Waals surface area contributed by atoms with Crippen LogP contribution >= 0.6 is 0 Å². The van der Waals surface area contributed by atoms with Crippen LogP contribution in [0.2, 0.25) is 0 Å². The molecule has 0 spiro atoms. The van der Waals surface area contributed by atoms with Gasteiger partial charge in [-0.15, -0.1) is 0 Å². The molecule has 0 bridgehead atoms. The van der Waals surface area contributed by atoms with Crippen LogP contribution < -0.4 is 15.0 Å². The molecule has 4 rings (SSSR count). The lowest BCUT2D eigenvalue weighted by atomic mass is 10.1. The number of alkyl halides is 2. The summed E-state index contributed by atoms with van der Waals surface area (Å²) in [5.41, 5.74) is 1.49. The zero-order valence-electron chi connectivity index (χ0n) is 12.9. The van der Waals surface area contributed by atoms with Gasteiger partial charge in [0.05, 0.1) is 11.3 Å². The number of rotatable bonds is 2. The molecule has 23 heavy (non-hydrogen) atoms. The molecule has 2 aromatic rings. The van der Waals surface area contributed by atoms with Crippen LogP contribution in [-0.2, 0) is 5.92 Å². The molecular formula is C16H18F2N4O. The van der Waals surface area contributed by atoms with Gasteiger partial charge in [0.15, 0.2) is 12.4 Å². The number of fused-ring (bicyclic) bond motifs is 1. The van der Waals surface area contributed by atoms with E-state index in [1.807, 2.05) is 13.0 Å². The molecule has 1 aromatic carbocycles. The third kappa shape index (κ3) is 2.45. The normalized spacial score (nSPS) is 19.5. The average Bonchev–Trinajstić information content (AvgIpc) is 3.09. The average molecular weight is 320 g/mol. The fourth-order valence-electron chi connectivity index (χ4n) is 3.08. The minimum Gasteiger partial charge on any atom is -0.486 e. The minimum atomic E-state index is -2.94. The first-order valence-corrected chi connectivity index (χ1v) is 7.72. The smallest absolute Gasteiger partial charge is 0.310 e. The summed E-state index contributed by atoms with van der Waals surface area (Å²) in [6.45, 7) is 4.98. The lowest BCUT2D eigenvalue weighted by Crippen LogP contribution is -2.43. The highest BCUT2D eigenvalue weighted by atomic mass is 19.3. The van der Waals surface area contributed by atoms with E-state index in [-0.39, 0.29) is 11.3 Å². The Kier molecular flexibility index (Phi) is 3.26. The van der Waals surface area contributed by atoms with Crippen LogP contribution in [0.15, 0.2) is 24.3 Å². The Balaban J connectivity index is 1.70. The number of anilines is 1. The summed E-state index contributed by atoms with van der Waals surface area (Å²) >= 11 is 0. The molecule has 0 atom stereocenters. The number of aromatic nitrogens is 2. The van der Waals surface area contributed by atoms with Crippen LogP contribution in [0.25, 0.3) is 5.69 Å². The van der Waals surface area contributed by atoms with Gasteiger partial charge in [-0.2, -0.15) is 13.9 Å². The molecule has 1 N–H and O–H groups in total. The molecule has 122 valence electrons. The third-order valence-corrected chi connectivity index (χ3v) is 4.33. The molecular weight excluding hydrogens is 302 g/mol. The van der Waals surface area contributed by atoms with Gasteiger partial charge in [0, 0.05) is 37.9 Å². The molecule has 1 aromatic heterocycles. The van der Waals surface area contributed by atoms with E-state index in [0.29, 0.717) is 5.69 Å². The summed E-state index contributed by atoms with van der Waals surface area (Å²) in [5, 5.41) is 7.91. The van der Waals surface area contributed by atoms with Crippen molar-refractivity contribution in [3.63, 3.8) is 0 Å². The summed E-state index contributed by atoms with van der Waals surface area (Å²) < 4.78 is 34.5. The zero-order valence-corrected chi connectivity index (χ0v) is 12.9. The fourth-order valence-corrected chi connectivity index (χ4v) is 3.08. The molecule has 2 aliphatic heterocycles. The summed E-state index contributed by atoms with van der Waals surface area (Å²) in [6, 6.07) is 6.83. The largest absolute Gasteiger partial charge is 0.486 e. The maximum absolute atomic E-state index is 13.9. The Hall–Kier alpha value is -2.15. The van der Waals surface area contributed by atoms with Crippen molar-refractivity contribution in [2.45, 2.75) is 12.8 Å². The van der Waals surface area contributed by atoms with Crippen molar-refractivity contribution in [2.75, 3.05) is 37.7 Å². The molecule has 0 aliphatic carbocycles. The van der Waals surface area contributed by atoms with Crippen LogP contribution in [0, 0.1) is 6.92 Å². The van der Waals surface area contributed by atoms with Crippen molar-refractivity contribution in [1.29, 1.82) is 0 Å². The van der Waals surface area contributed by atoms with Gasteiger partial charge >= 0.3 is 5.92 Å². The maximum atomic E-state index is 13.9. The van der Waals surface area contributed by atoms with Gasteiger partial charge in [-0.1, -0.05) is 0 Å². The molecule has 1 saturated heterocycles. The first-order valence-electron chi connectivity index (χ1n) is 7.72. The Bertz CT molecular complexity index is 738. The van der Waals surface area contributed by atoms with Crippen molar-refractivity contribution < 1.29 is 13.5 Å². The summed E-state index contributed by atoms with van der Waals surface area (Å²) in [6.07, 6.45) is 0. The number of halogens is 2. The van der Waals surface area contributed by atoms with E-state index in [0.717, 1.165) is 37.7 Å². The van der Waals surface area contributed by atoms with E-state index < -0.39 is 12.5 Å². The van der Waals surface area contributed by atoms with Gasteiger partial charge in [0.2, 0.25) is 0 Å². The number of nitrogens with zero attached hydrogens (tertiary/aromatic N) is 3. The molecule has 5 nitrogen and oxygen atoms in total. The Labute approximate surface area is 132 Å². The highest BCUT2D eigenvalue weighted by Gasteiger charge is 2.41. The van der Waals surface area contributed by atoms with Gasteiger partial charge in [-0.3, -0.25) is 0 Å². The molecule has 3 heterocycles. The first-order chi connectivity index (χ1) is 11.0. The van der Waals surface area contributed by atoms with E-state index in [9.17, 15) is 8.78 Å². The zero-order chi connectivity index (χ0) is 16.0. The van der Waals surface area contributed by atoms with Crippen LogP contribution in [0.1, 0.15) is 11.3 Å². The van der Waals surface area contributed by atoms with Crippen molar-refractivity contribution in [2.24, 2.45) is 0 Å². The lowest BCUT2D eigenvalue weighted by Gasteiger charge is -2.27. The molecule has 2 aliphatic rings. The van der Waals surface area contributed by atoms with Crippen LogP contribution in [0.4, 0.5) is 14.6 Å². The van der Waals surface area contributed by atoms with E-state index in [1.54, 1.807) is 16.8 Å². The van der Waals surface area contributed by atoms with Gasteiger partial charge in [-0.25, -0.2) is 4.68 Å². The number of aryl methyl sites for hydroxylation is 1. The topological polar surface area (TPSA) is 42.3 Å². The van der Waals surface area contributed by atoms with Crippen LogP contribution in [-0.4, -0.2) is 42.6 Å². The van der Waals surface area contributed by atoms with Crippen LogP contribution in [0.3, 0.4) is 0 Å². The summed E-state index contributed by atoms with van der Waals surface area (Å²) in [5.74, 6) is -1.80. The second-order valence-corrected chi connectivity index (χ2v) is 5.97. The van der Waals surface area contributed by atoms with Crippen molar-refractivity contribution in [3.8, 4) is 11.4 Å². The Morgan fingerprint density at radius 2 is 2.00 bits per heavy atom. The van der Waals surface area contributed by atoms with Crippen LogP contribution in [0.5, 0.6) is 5.75 Å². The van der Waals surface area contributed by atoms with Gasteiger partial charge < -0.3 is 15.0 Å². The SMILES string of the molecule is Cc1cc(N2CCNCC2)nn1-c1ccc2c(c1)C(F)(F)CO2.